The van der Waals surface area contributed by atoms with Crippen molar-refractivity contribution in [1.82, 2.24) is 9.55 Å². The minimum Gasteiger partial charge on any atom is -0.497 e. The zero-order chi connectivity index (χ0) is 14.2. The maximum atomic E-state index is 5.24. The maximum Gasteiger partial charge on any atom is 0.119 e. The van der Waals surface area contributed by atoms with Crippen molar-refractivity contribution in [2.24, 2.45) is 0 Å². The van der Waals surface area contributed by atoms with Gasteiger partial charge in [-0.25, -0.2) is 0 Å². The molecule has 0 fully saturated rings. The Bertz CT molecular complexity index is 870. The van der Waals surface area contributed by atoms with Crippen LogP contribution in [-0.2, 0) is 0 Å². The van der Waals surface area contributed by atoms with Crippen molar-refractivity contribution < 1.29 is 4.74 Å². The zero-order valence-electron chi connectivity index (χ0n) is 11.7. The first kappa shape index (κ1) is 12.0. The average molecular weight is 274 g/mol. The average Bonchev–Trinajstić information content (AvgIpc) is 2.90. The quantitative estimate of drug-likeness (QED) is 0.548. The summed E-state index contributed by atoms with van der Waals surface area (Å²) in [7, 11) is 1.68. The summed E-state index contributed by atoms with van der Waals surface area (Å²) in [6.07, 6.45) is 3.76. The molecule has 4 aromatic rings. The van der Waals surface area contributed by atoms with Gasteiger partial charge in [-0.05, 0) is 36.4 Å². The van der Waals surface area contributed by atoms with Crippen molar-refractivity contribution in [3.63, 3.8) is 0 Å². The van der Waals surface area contributed by atoms with Gasteiger partial charge in [-0.15, -0.1) is 0 Å². The lowest BCUT2D eigenvalue weighted by atomic mass is 10.2. The molecule has 3 heteroatoms. The summed E-state index contributed by atoms with van der Waals surface area (Å²) in [5.41, 5.74) is 3.41. The molecule has 2 heterocycles. The number of aromatic nitrogens is 2. The summed E-state index contributed by atoms with van der Waals surface area (Å²) in [6, 6.07) is 18.6. The van der Waals surface area contributed by atoms with Gasteiger partial charge in [0, 0.05) is 22.7 Å². The lowest BCUT2D eigenvalue weighted by molar-refractivity contribution is 0.415. The molecule has 21 heavy (non-hydrogen) atoms. The minimum absolute atomic E-state index is 0.859. The first-order valence-corrected chi connectivity index (χ1v) is 6.86. The Hall–Kier alpha value is -2.81. The number of para-hydroxylation sites is 1. The van der Waals surface area contributed by atoms with Crippen molar-refractivity contribution in [2.75, 3.05) is 7.11 Å². The molecule has 0 bridgehead atoms. The number of rotatable bonds is 2. The summed E-state index contributed by atoms with van der Waals surface area (Å²) >= 11 is 0. The molecule has 0 atom stereocenters. The fourth-order valence-corrected chi connectivity index (χ4v) is 2.83. The second-order valence-corrected chi connectivity index (χ2v) is 4.94. The van der Waals surface area contributed by atoms with Gasteiger partial charge < -0.3 is 9.30 Å². The molecule has 102 valence electrons. The van der Waals surface area contributed by atoms with Gasteiger partial charge in [0.05, 0.1) is 24.3 Å². The highest BCUT2D eigenvalue weighted by atomic mass is 16.5. The third kappa shape index (κ3) is 1.78. The van der Waals surface area contributed by atoms with Crippen LogP contribution in [0.2, 0.25) is 0 Å². The first-order chi connectivity index (χ1) is 10.4. The van der Waals surface area contributed by atoms with E-state index >= 15 is 0 Å². The zero-order valence-corrected chi connectivity index (χ0v) is 11.7. The van der Waals surface area contributed by atoms with Gasteiger partial charge in [0.1, 0.15) is 5.75 Å². The van der Waals surface area contributed by atoms with Crippen LogP contribution < -0.4 is 4.74 Å². The van der Waals surface area contributed by atoms with Crippen molar-refractivity contribution in [3.8, 4) is 11.4 Å². The summed E-state index contributed by atoms with van der Waals surface area (Å²) in [6.45, 7) is 0. The number of fused-ring (bicyclic) bond motifs is 3. The van der Waals surface area contributed by atoms with Crippen LogP contribution in [0.5, 0.6) is 5.75 Å². The van der Waals surface area contributed by atoms with E-state index in [1.807, 2.05) is 24.5 Å². The molecular formula is C18H14N2O. The topological polar surface area (TPSA) is 27.1 Å². The van der Waals surface area contributed by atoms with E-state index in [1.54, 1.807) is 7.11 Å². The minimum atomic E-state index is 0.859. The van der Waals surface area contributed by atoms with Crippen LogP contribution in [0.25, 0.3) is 27.5 Å². The SMILES string of the molecule is COc1ccc(-n2c3ccccc3c3ccncc32)cc1. The highest BCUT2D eigenvalue weighted by molar-refractivity contribution is 6.08. The fraction of sp³-hybridized carbons (Fsp3) is 0.0556. The molecule has 2 aromatic carbocycles. The molecule has 0 N–H and O–H groups in total. The molecule has 0 saturated carbocycles. The molecule has 0 spiro atoms. The molecule has 4 rings (SSSR count). The third-order valence-electron chi connectivity index (χ3n) is 3.81. The Balaban J connectivity index is 2.09. The van der Waals surface area contributed by atoms with E-state index in [1.165, 1.54) is 16.3 Å². The van der Waals surface area contributed by atoms with E-state index in [0.717, 1.165) is 17.0 Å². The number of nitrogens with zero attached hydrogens (tertiary/aromatic N) is 2. The van der Waals surface area contributed by atoms with E-state index in [9.17, 15) is 0 Å². The van der Waals surface area contributed by atoms with Crippen LogP contribution in [0.3, 0.4) is 0 Å². The van der Waals surface area contributed by atoms with Gasteiger partial charge in [-0.2, -0.15) is 0 Å². The van der Waals surface area contributed by atoms with E-state index < -0.39 is 0 Å². The lowest BCUT2D eigenvalue weighted by Crippen LogP contribution is -1.94. The van der Waals surface area contributed by atoms with Gasteiger partial charge in [-0.1, -0.05) is 18.2 Å². The molecular weight excluding hydrogens is 260 g/mol. The van der Waals surface area contributed by atoms with Gasteiger partial charge in [0.2, 0.25) is 0 Å². The monoisotopic (exact) mass is 274 g/mol. The smallest absolute Gasteiger partial charge is 0.119 e. The van der Waals surface area contributed by atoms with Crippen LogP contribution in [-0.4, -0.2) is 16.7 Å². The molecule has 0 unspecified atom stereocenters. The molecule has 0 aliphatic heterocycles. The van der Waals surface area contributed by atoms with Gasteiger partial charge in [0.25, 0.3) is 0 Å². The highest BCUT2D eigenvalue weighted by Crippen LogP contribution is 2.31. The van der Waals surface area contributed by atoms with Gasteiger partial charge in [-0.3, -0.25) is 4.98 Å². The molecule has 0 aliphatic carbocycles. The van der Waals surface area contributed by atoms with Crippen LogP contribution in [0.4, 0.5) is 0 Å². The number of hydrogen-bond acceptors (Lipinski definition) is 2. The van der Waals surface area contributed by atoms with Crippen LogP contribution in [0, 0.1) is 0 Å². The standard InChI is InChI=1S/C18H14N2O/c1-21-14-8-6-13(7-9-14)20-17-5-3-2-4-15(17)16-10-11-19-12-18(16)20/h2-12H,1H3. The van der Waals surface area contributed by atoms with Gasteiger partial charge in [0.15, 0.2) is 0 Å². The second-order valence-electron chi connectivity index (χ2n) is 4.94. The number of methoxy groups -OCH3 is 1. The normalized spacial score (nSPS) is 11.1. The largest absolute Gasteiger partial charge is 0.497 e. The van der Waals surface area contributed by atoms with Crippen molar-refractivity contribution >= 4 is 21.8 Å². The Morgan fingerprint density at radius 1 is 0.857 bits per heavy atom. The summed E-state index contributed by atoms with van der Waals surface area (Å²) in [5.74, 6) is 0.859. The van der Waals surface area contributed by atoms with Crippen molar-refractivity contribution in [3.05, 3.63) is 67.0 Å². The summed E-state index contributed by atoms with van der Waals surface area (Å²) < 4.78 is 7.47. The number of pyridine rings is 1. The molecule has 0 saturated heterocycles. The van der Waals surface area contributed by atoms with E-state index in [2.05, 4.69) is 52.0 Å². The van der Waals surface area contributed by atoms with Crippen LogP contribution in [0.1, 0.15) is 0 Å². The molecule has 0 amide bonds. The molecule has 3 nitrogen and oxygen atoms in total. The molecule has 0 radical (unpaired) electrons. The van der Waals surface area contributed by atoms with Crippen LogP contribution in [0.15, 0.2) is 67.0 Å². The molecule has 2 aromatic heterocycles. The predicted molar refractivity (Wildman–Crippen MR) is 85.1 cm³/mol. The lowest BCUT2D eigenvalue weighted by Gasteiger charge is -2.08. The Morgan fingerprint density at radius 2 is 1.62 bits per heavy atom. The summed E-state index contributed by atoms with van der Waals surface area (Å²) in [4.78, 5) is 4.28. The van der Waals surface area contributed by atoms with E-state index in [-0.39, 0.29) is 0 Å². The maximum absolute atomic E-state index is 5.24. The Morgan fingerprint density at radius 3 is 2.43 bits per heavy atom. The second kappa shape index (κ2) is 4.63. The Kier molecular flexibility index (Phi) is 2.64. The third-order valence-corrected chi connectivity index (χ3v) is 3.81. The number of benzene rings is 2. The van der Waals surface area contributed by atoms with Crippen LogP contribution >= 0.6 is 0 Å². The predicted octanol–water partition coefficient (Wildman–Crippen LogP) is 4.19. The highest BCUT2D eigenvalue weighted by Gasteiger charge is 2.11. The van der Waals surface area contributed by atoms with E-state index in [0.29, 0.717) is 0 Å². The van der Waals surface area contributed by atoms with Crippen molar-refractivity contribution in [1.29, 1.82) is 0 Å². The first-order valence-electron chi connectivity index (χ1n) is 6.86. The van der Waals surface area contributed by atoms with Crippen molar-refractivity contribution in [2.45, 2.75) is 0 Å². The summed E-state index contributed by atoms with van der Waals surface area (Å²) in [5, 5.41) is 2.46. The van der Waals surface area contributed by atoms with Gasteiger partial charge >= 0.3 is 0 Å². The molecule has 0 aliphatic rings. The number of hydrogen-bond donors (Lipinski definition) is 0. The fourth-order valence-electron chi connectivity index (χ4n) is 2.83. The number of ether oxygens (including phenoxy) is 1. The van der Waals surface area contributed by atoms with E-state index in [4.69, 9.17) is 4.74 Å². The Labute approximate surface area is 122 Å².